The van der Waals surface area contributed by atoms with Gasteiger partial charge < -0.3 is 4.74 Å². The van der Waals surface area contributed by atoms with Gasteiger partial charge in [0, 0.05) is 17.6 Å². The van der Waals surface area contributed by atoms with Gasteiger partial charge in [-0.3, -0.25) is 4.90 Å². The summed E-state index contributed by atoms with van der Waals surface area (Å²) in [7, 11) is -3.54. The average Bonchev–Trinajstić information content (AvgIpc) is 2.69. The number of para-hydroxylation sites is 1. The molecule has 2 aromatic rings. The zero-order valence-electron chi connectivity index (χ0n) is 17.0. The molecule has 1 fully saturated rings. The van der Waals surface area contributed by atoms with Gasteiger partial charge >= 0.3 is 0 Å². The molecule has 0 atom stereocenters. The van der Waals surface area contributed by atoms with Crippen molar-refractivity contribution in [1.29, 1.82) is 0 Å². The minimum atomic E-state index is -3.54. The van der Waals surface area contributed by atoms with E-state index in [0.717, 1.165) is 38.2 Å². The molecule has 1 aliphatic rings. The number of piperidine rings is 1. The van der Waals surface area contributed by atoms with Gasteiger partial charge in [0.25, 0.3) is 0 Å². The second kappa shape index (κ2) is 9.94. The molecule has 0 aliphatic carbocycles. The van der Waals surface area contributed by atoms with Crippen LogP contribution in [0.3, 0.4) is 0 Å². The van der Waals surface area contributed by atoms with Crippen LogP contribution in [0, 0.1) is 0 Å². The molecule has 0 spiro atoms. The molecule has 1 N–H and O–H groups in total. The Balaban J connectivity index is 1.45. The predicted molar refractivity (Wildman–Crippen MR) is 117 cm³/mol. The summed E-state index contributed by atoms with van der Waals surface area (Å²) in [5.41, 5.74) is 1.22. The predicted octanol–water partition coefficient (Wildman–Crippen LogP) is 4.29. The van der Waals surface area contributed by atoms with Crippen LogP contribution in [0.1, 0.15) is 38.2 Å². The Hall–Kier alpha value is -1.60. The van der Waals surface area contributed by atoms with E-state index in [-0.39, 0.29) is 10.9 Å². The first-order valence-corrected chi connectivity index (χ1v) is 11.9. The van der Waals surface area contributed by atoms with E-state index in [9.17, 15) is 8.42 Å². The van der Waals surface area contributed by atoms with Crippen LogP contribution in [0.5, 0.6) is 5.75 Å². The van der Waals surface area contributed by atoms with E-state index < -0.39 is 10.0 Å². The van der Waals surface area contributed by atoms with E-state index in [0.29, 0.717) is 17.5 Å². The Kier molecular flexibility index (Phi) is 7.57. The summed E-state index contributed by atoms with van der Waals surface area (Å²) in [4.78, 5) is 2.53. The van der Waals surface area contributed by atoms with Crippen molar-refractivity contribution in [2.24, 2.45) is 0 Å². The molecule has 0 bridgehead atoms. The average molecular weight is 437 g/mol. The molecule has 5 nitrogen and oxygen atoms in total. The maximum absolute atomic E-state index is 12.5. The van der Waals surface area contributed by atoms with Crippen LogP contribution >= 0.6 is 11.6 Å². The second-order valence-corrected chi connectivity index (χ2v) is 9.89. The number of hydrogen-bond acceptors (Lipinski definition) is 4. The SMILES string of the molecule is CC(C)c1ccccc1OCCN1CCC(NS(=O)(=O)c2cccc(Cl)c2)CC1. The first kappa shape index (κ1) is 22.1. The number of likely N-dealkylation sites (tertiary alicyclic amines) is 1. The Labute approximate surface area is 179 Å². The smallest absolute Gasteiger partial charge is 0.240 e. The van der Waals surface area contributed by atoms with Crippen molar-refractivity contribution < 1.29 is 13.2 Å². The van der Waals surface area contributed by atoms with Gasteiger partial charge in [-0.2, -0.15) is 0 Å². The molecule has 2 aromatic carbocycles. The Morgan fingerprint density at radius 3 is 2.55 bits per heavy atom. The molecule has 7 heteroatoms. The van der Waals surface area contributed by atoms with Gasteiger partial charge in [-0.1, -0.05) is 49.7 Å². The summed E-state index contributed by atoms with van der Waals surface area (Å²) in [6, 6.07) is 14.5. The van der Waals surface area contributed by atoms with Crippen molar-refractivity contribution in [2.75, 3.05) is 26.2 Å². The molecule has 1 aliphatic heterocycles. The topological polar surface area (TPSA) is 58.6 Å². The number of sulfonamides is 1. The summed E-state index contributed by atoms with van der Waals surface area (Å²) < 4.78 is 33.9. The van der Waals surface area contributed by atoms with E-state index >= 15 is 0 Å². The number of ether oxygens (including phenoxy) is 1. The normalized spacial score (nSPS) is 16.3. The lowest BCUT2D eigenvalue weighted by molar-refractivity contribution is 0.170. The second-order valence-electron chi connectivity index (χ2n) is 7.74. The van der Waals surface area contributed by atoms with Crippen LogP contribution in [0.25, 0.3) is 0 Å². The van der Waals surface area contributed by atoms with Gasteiger partial charge in [-0.15, -0.1) is 0 Å². The van der Waals surface area contributed by atoms with Crippen molar-refractivity contribution in [1.82, 2.24) is 9.62 Å². The first-order valence-electron chi connectivity index (χ1n) is 10.1. The molecular formula is C22H29ClN2O3S. The number of halogens is 1. The highest BCUT2D eigenvalue weighted by Gasteiger charge is 2.24. The molecule has 1 saturated heterocycles. The molecule has 0 radical (unpaired) electrons. The van der Waals surface area contributed by atoms with Crippen LogP contribution < -0.4 is 9.46 Å². The van der Waals surface area contributed by atoms with E-state index in [1.54, 1.807) is 18.2 Å². The zero-order valence-corrected chi connectivity index (χ0v) is 18.5. The van der Waals surface area contributed by atoms with Gasteiger partial charge in [0.05, 0.1) is 4.90 Å². The van der Waals surface area contributed by atoms with Crippen LogP contribution in [-0.2, 0) is 10.0 Å². The minimum Gasteiger partial charge on any atom is -0.492 e. The lowest BCUT2D eigenvalue weighted by Crippen LogP contribution is -2.45. The van der Waals surface area contributed by atoms with Gasteiger partial charge in [0.1, 0.15) is 12.4 Å². The third kappa shape index (κ3) is 6.19. The molecule has 0 aromatic heterocycles. The van der Waals surface area contributed by atoms with Crippen LogP contribution in [-0.4, -0.2) is 45.6 Å². The number of nitrogens with zero attached hydrogens (tertiary/aromatic N) is 1. The van der Waals surface area contributed by atoms with Crippen molar-refractivity contribution in [3.63, 3.8) is 0 Å². The summed E-state index contributed by atoms with van der Waals surface area (Å²) >= 11 is 5.92. The van der Waals surface area contributed by atoms with E-state index in [1.165, 1.54) is 11.6 Å². The van der Waals surface area contributed by atoms with Gasteiger partial charge in [0.2, 0.25) is 10.0 Å². The molecule has 0 unspecified atom stereocenters. The summed E-state index contributed by atoms with van der Waals surface area (Å²) in [5, 5.41) is 0.418. The van der Waals surface area contributed by atoms with Crippen LogP contribution in [0.2, 0.25) is 5.02 Å². The molecule has 0 saturated carbocycles. The van der Waals surface area contributed by atoms with Gasteiger partial charge in [-0.05, 0) is 61.7 Å². The summed E-state index contributed by atoms with van der Waals surface area (Å²) in [6.07, 6.45) is 1.56. The third-order valence-corrected chi connectivity index (χ3v) is 6.98. The first-order chi connectivity index (χ1) is 13.8. The minimum absolute atomic E-state index is 0.0576. The number of nitrogens with one attached hydrogen (secondary N) is 1. The largest absolute Gasteiger partial charge is 0.492 e. The molecular weight excluding hydrogens is 408 g/mol. The highest BCUT2D eigenvalue weighted by atomic mass is 35.5. The van der Waals surface area contributed by atoms with Crippen molar-refractivity contribution in [3.8, 4) is 5.75 Å². The Morgan fingerprint density at radius 1 is 1.14 bits per heavy atom. The van der Waals surface area contributed by atoms with Gasteiger partial charge in [-0.25, -0.2) is 13.1 Å². The molecule has 158 valence electrons. The van der Waals surface area contributed by atoms with Crippen molar-refractivity contribution >= 4 is 21.6 Å². The molecule has 29 heavy (non-hydrogen) atoms. The Bertz CT molecular complexity index is 910. The fourth-order valence-electron chi connectivity index (χ4n) is 3.57. The summed E-state index contributed by atoms with van der Waals surface area (Å²) in [5.74, 6) is 1.38. The lowest BCUT2D eigenvalue weighted by Gasteiger charge is -2.32. The van der Waals surface area contributed by atoms with Crippen LogP contribution in [0.15, 0.2) is 53.4 Å². The van der Waals surface area contributed by atoms with Crippen molar-refractivity contribution in [3.05, 3.63) is 59.1 Å². The van der Waals surface area contributed by atoms with Gasteiger partial charge in [0.15, 0.2) is 0 Å². The number of benzene rings is 2. The number of rotatable bonds is 8. The van der Waals surface area contributed by atoms with Crippen LogP contribution in [0.4, 0.5) is 0 Å². The highest BCUT2D eigenvalue weighted by Crippen LogP contribution is 2.26. The highest BCUT2D eigenvalue weighted by molar-refractivity contribution is 7.89. The maximum atomic E-state index is 12.5. The van der Waals surface area contributed by atoms with Crippen molar-refractivity contribution in [2.45, 2.75) is 43.5 Å². The fourth-order valence-corrected chi connectivity index (χ4v) is 5.18. The van der Waals surface area contributed by atoms with E-state index in [4.69, 9.17) is 16.3 Å². The number of hydrogen-bond donors (Lipinski definition) is 1. The molecule has 0 amide bonds. The quantitative estimate of drug-likeness (QED) is 0.670. The lowest BCUT2D eigenvalue weighted by atomic mass is 10.0. The standard InChI is InChI=1S/C22H29ClN2O3S/c1-17(2)21-8-3-4-9-22(21)28-15-14-25-12-10-19(11-13-25)24-29(26,27)20-7-5-6-18(23)16-20/h3-9,16-17,19,24H,10-15H2,1-2H3. The summed E-state index contributed by atoms with van der Waals surface area (Å²) in [6.45, 7) is 7.48. The molecule has 3 rings (SSSR count). The molecule has 1 heterocycles. The van der Waals surface area contributed by atoms with E-state index in [1.807, 2.05) is 18.2 Å². The zero-order chi connectivity index (χ0) is 20.9. The Morgan fingerprint density at radius 2 is 1.86 bits per heavy atom. The monoisotopic (exact) mass is 436 g/mol. The third-order valence-electron chi connectivity index (χ3n) is 5.22. The fraction of sp³-hybridized carbons (Fsp3) is 0.455. The maximum Gasteiger partial charge on any atom is 0.240 e. The van der Waals surface area contributed by atoms with E-state index in [2.05, 4.69) is 29.5 Å².